The van der Waals surface area contributed by atoms with Gasteiger partial charge in [0, 0.05) is 32.9 Å². The van der Waals surface area contributed by atoms with Crippen LogP contribution in [0.4, 0.5) is 27.8 Å². The molecule has 0 spiro atoms. The van der Waals surface area contributed by atoms with Gasteiger partial charge in [0.05, 0.1) is 10.7 Å². The zero-order chi connectivity index (χ0) is 45.1. The normalized spacial score (nSPS) is 15.5. The average Bonchev–Trinajstić information content (AvgIpc) is 3.72. The van der Waals surface area contributed by atoms with Gasteiger partial charge in [-0.2, -0.15) is 0 Å². The van der Waals surface area contributed by atoms with E-state index in [1.165, 1.54) is 116 Å². The number of thiophene rings is 1. The molecule has 0 fully saturated rings. The molecular formula is C62H55BN2S. The molecule has 322 valence electrons. The molecule has 0 atom stereocenters. The van der Waals surface area contributed by atoms with Gasteiger partial charge >= 0.3 is 6.85 Å². The lowest BCUT2D eigenvalue weighted by Crippen LogP contribution is -2.61. The van der Waals surface area contributed by atoms with Crippen LogP contribution in [0.5, 0.6) is 0 Å². The number of hydrogen-bond donors (Lipinski definition) is 0. The van der Waals surface area contributed by atoms with Gasteiger partial charge in [-0.3, -0.25) is 0 Å². The third-order valence-electron chi connectivity index (χ3n) is 15.1. The summed E-state index contributed by atoms with van der Waals surface area (Å²) in [6, 6.07) is 69.1. The van der Waals surface area contributed by atoms with Crippen LogP contribution in [0.3, 0.4) is 0 Å². The Morgan fingerprint density at radius 2 is 1.09 bits per heavy atom. The van der Waals surface area contributed by atoms with Crippen LogP contribution in [0, 0.1) is 0 Å². The van der Waals surface area contributed by atoms with Crippen molar-refractivity contribution < 1.29 is 0 Å². The van der Waals surface area contributed by atoms with Crippen molar-refractivity contribution in [2.24, 2.45) is 0 Å². The van der Waals surface area contributed by atoms with Crippen LogP contribution in [-0.2, 0) is 16.2 Å². The predicted octanol–water partition coefficient (Wildman–Crippen LogP) is 16.3. The third-order valence-corrected chi connectivity index (χ3v) is 16.3. The second kappa shape index (κ2) is 15.0. The van der Waals surface area contributed by atoms with Gasteiger partial charge in [0.1, 0.15) is 0 Å². The first-order valence-corrected chi connectivity index (χ1v) is 24.6. The van der Waals surface area contributed by atoms with Gasteiger partial charge in [-0.05, 0) is 144 Å². The first-order chi connectivity index (χ1) is 31.9. The van der Waals surface area contributed by atoms with E-state index >= 15 is 0 Å². The monoisotopic (exact) mass is 870 g/mol. The molecule has 66 heavy (non-hydrogen) atoms. The van der Waals surface area contributed by atoms with Gasteiger partial charge in [0.2, 0.25) is 0 Å². The Balaban J connectivity index is 1.22. The molecule has 3 heterocycles. The summed E-state index contributed by atoms with van der Waals surface area (Å²) in [7, 11) is 0. The maximum Gasteiger partial charge on any atom is 0.334 e. The molecule has 1 aliphatic carbocycles. The molecule has 4 heteroatoms. The van der Waals surface area contributed by atoms with Crippen molar-refractivity contribution >= 4 is 66.9 Å². The fourth-order valence-electron chi connectivity index (χ4n) is 11.3. The first-order valence-electron chi connectivity index (χ1n) is 23.7. The standard InChI is InChI=1S/C62H55BN2S/c1-60(2,3)45-28-32-53(49(38-45)42-23-15-10-16-24-42)64-55-37-44(41-21-13-9-14-22-41)35-50-47-30-27-43(40-19-11-8-12-20-40)36-54(47)65(46-29-31-51-52(39-46)62(6,7)34-33-61(51,4)5)63(57(50)55)58-48-25-17-18-26-56(48)66-59(58)64/h8-32,35-39H,33-34H2,1-7H3. The second-order valence-electron chi connectivity index (χ2n) is 21.2. The molecule has 2 aliphatic heterocycles. The number of fused-ring (bicyclic) bond motifs is 7. The summed E-state index contributed by atoms with van der Waals surface area (Å²) in [4.78, 5) is 5.39. The maximum absolute atomic E-state index is 2.74. The largest absolute Gasteiger partial charge is 0.376 e. The maximum atomic E-state index is 2.74. The molecule has 0 N–H and O–H groups in total. The average molecular weight is 871 g/mol. The molecule has 1 aromatic heterocycles. The quantitative estimate of drug-likeness (QED) is 0.159. The van der Waals surface area contributed by atoms with Crippen molar-refractivity contribution in [1.29, 1.82) is 0 Å². The Hall–Kier alpha value is -6.62. The lowest BCUT2D eigenvalue weighted by Gasteiger charge is -2.46. The molecule has 2 nitrogen and oxygen atoms in total. The first kappa shape index (κ1) is 40.9. The lowest BCUT2D eigenvalue weighted by molar-refractivity contribution is 0.332. The fraction of sp³-hybridized carbons (Fsp3) is 0.194. The molecule has 0 radical (unpaired) electrons. The Morgan fingerprint density at radius 1 is 0.470 bits per heavy atom. The van der Waals surface area contributed by atoms with Crippen LogP contribution in [0.2, 0.25) is 0 Å². The Morgan fingerprint density at radius 3 is 1.79 bits per heavy atom. The molecule has 0 saturated carbocycles. The highest BCUT2D eigenvalue weighted by atomic mass is 32.1. The number of nitrogens with zero attached hydrogens (tertiary/aromatic N) is 2. The van der Waals surface area contributed by atoms with Crippen molar-refractivity contribution in [1.82, 2.24) is 0 Å². The predicted molar refractivity (Wildman–Crippen MR) is 286 cm³/mol. The van der Waals surface area contributed by atoms with E-state index in [9.17, 15) is 0 Å². The summed E-state index contributed by atoms with van der Waals surface area (Å²) in [6.07, 6.45) is 2.35. The minimum absolute atomic E-state index is 0.0221. The summed E-state index contributed by atoms with van der Waals surface area (Å²) in [5.41, 5.74) is 21.9. The smallest absolute Gasteiger partial charge is 0.334 e. The van der Waals surface area contributed by atoms with E-state index < -0.39 is 0 Å². The molecule has 8 aromatic carbocycles. The van der Waals surface area contributed by atoms with Crippen molar-refractivity contribution in [2.45, 2.75) is 77.6 Å². The van der Waals surface area contributed by atoms with Crippen LogP contribution >= 0.6 is 11.3 Å². The number of benzene rings is 8. The van der Waals surface area contributed by atoms with E-state index in [1.807, 2.05) is 11.3 Å². The molecule has 9 aromatic rings. The van der Waals surface area contributed by atoms with Crippen LogP contribution in [-0.4, -0.2) is 6.85 Å². The van der Waals surface area contributed by atoms with Crippen LogP contribution < -0.4 is 20.6 Å². The van der Waals surface area contributed by atoms with Crippen LogP contribution in [0.15, 0.2) is 182 Å². The summed E-state index contributed by atoms with van der Waals surface area (Å²) >= 11 is 1.93. The molecule has 0 unspecified atom stereocenters. The van der Waals surface area contributed by atoms with Gasteiger partial charge in [-0.15, -0.1) is 11.3 Å². The highest BCUT2D eigenvalue weighted by molar-refractivity contribution is 7.26. The minimum Gasteiger partial charge on any atom is -0.376 e. The van der Waals surface area contributed by atoms with Gasteiger partial charge in [0.25, 0.3) is 0 Å². The SMILES string of the molecule is CC(C)(C)c1ccc(N2c3cc(-c4ccccc4)cc4c3B(c3c2sc2ccccc32)N(c2ccc3c(c2)C(C)(C)CCC3(C)C)c2cc(-c3ccccc3)ccc2-4)c(-c2ccccc2)c1. The van der Waals surface area contributed by atoms with Crippen molar-refractivity contribution in [3.63, 3.8) is 0 Å². The van der Waals surface area contributed by atoms with Gasteiger partial charge < -0.3 is 9.71 Å². The van der Waals surface area contributed by atoms with Gasteiger partial charge in [-0.1, -0.05) is 182 Å². The third kappa shape index (κ3) is 6.43. The Labute approximate surface area is 395 Å². The highest BCUT2D eigenvalue weighted by Gasteiger charge is 2.48. The molecule has 0 bridgehead atoms. The summed E-state index contributed by atoms with van der Waals surface area (Å²) in [6.45, 7) is 16.7. The minimum atomic E-state index is -0.104. The van der Waals surface area contributed by atoms with E-state index in [1.54, 1.807) is 0 Å². The molecule has 12 rings (SSSR count). The molecule has 0 saturated heterocycles. The lowest BCUT2D eigenvalue weighted by atomic mass is 9.43. The summed E-state index contributed by atoms with van der Waals surface area (Å²) in [5, 5.41) is 2.59. The number of anilines is 5. The van der Waals surface area contributed by atoms with E-state index in [4.69, 9.17) is 0 Å². The van der Waals surface area contributed by atoms with Crippen LogP contribution in [0.1, 0.15) is 78.0 Å². The zero-order valence-corrected chi connectivity index (χ0v) is 39.9. The molecule has 3 aliphatic rings. The van der Waals surface area contributed by atoms with Crippen molar-refractivity contribution in [3.05, 3.63) is 199 Å². The Bertz CT molecular complexity index is 3360. The highest BCUT2D eigenvalue weighted by Crippen LogP contribution is 2.54. The van der Waals surface area contributed by atoms with Crippen LogP contribution in [0.25, 0.3) is 54.6 Å². The van der Waals surface area contributed by atoms with Gasteiger partial charge in [0.15, 0.2) is 0 Å². The second-order valence-corrected chi connectivity index (χ2v) is 22.2. The van der Waals surface area contributed by atoms with E-state index in [-0.39, 0.29) is 23.1 Å². The van der Waals surface area contributed by atoms with Crippen molar-refractivity contribution in [2.75, 3.05) is 9.71 Å². The number of rotatable bonds is 5. The molecular weight excluding hydrogens is 816 g/mol. The van der Waals surface area contributed by atoms with Crippen molar-refractivity contribution in [3.8, 4) is 44.5 Å². The van der Waals surface area contributed by atoms with E-state index in [0.29, 0.717) is 0 Å². The summed E-state index contributed by atoms with van der Waals surface area (Å²) < 4.78 is 1.30. The van der Waals surface area contributed by atoms with E-state index in [2.05, 4.69) is 240 Å². The fourth-order valence-corrected chi connectivity index (χ4v) is 12.6. The topological polar surface area (TPSA) is 6.48 Å². The Kier molecular flexibility index (Phi) is 9.26. The summed E-state index contributed by atoms with van der Waals surface area (Å²) in [5.74, 6) is 0. The molecule has 0 amide bonds. The number of hydrogen-bond acceptors (Lipinski definition) is 3. The zero-order valence-electron chi connectivity index (χ0n) is 39.1. The van der Waals surface area contributed by atoms with E-state index in [0.717, 1.165) is 6.42 Å². The van der Waals surface area contributed by atoms with Gasteiger partial charge in [-0.25, -0.2) is 0 Å².